The van der Waals surface area contributed by atoms with Crippen LogP contribution in [0.25, 0.3) is 11.1 Å². The molecule has 33 heavy (non-hydrogen) atoms. The van der Waals surface area contributed by atoms with Crippen molar-refractivity contribution in [2.24, 2.45) is 0 Å². The molecule has 1 saturated heterocycles. The molecule has 1 amide bonds. The predicted octanol–water partition coefficient (Wildman–Crippen LogP) is 2.34. The molecule has 1 aliphatic heterocycles. The number of aryl methyl sites for hydroxylation is 1. The van der Waals surface area contributed by atoms with E-state index >= 15 is 0 Å². The quantitative estimate of drug-likeness (QED) is 0.578. The Kier molecular flexibility index (Phi) is 7.25. The topological polar surface area (TPSA) is 88.0 Å². The summed E-state index contributed by atoms with van der Waals surface area (Å²) in [4.78, 5) is 23.6. The summed E-state index contributed by atoms with van der Waals surface area (Å²) in [7, 11) is 0. The van der Waals surface area contributed by atoms with Crippen molar-refractivity contribution in [1.29, 1.82) is 0 Å². The Morgan fingerprint density at radius 3 is 2.42 bits per heavy atom. The van der Waals surface area contributed by atoms with Crippen LogP contribution in [0.15, 0.2) is 42.9 Å². The van der Waals surface area contributed by atoms with E-state index < -0.39 is 0 Å². The number of halogens is 1. The van der Waals surface area contributed by atoms with Gasteiger partial charge in [0, 0.05) is 61.9 Å². The van der Waals surface area contributed by atoms with Gasteiger partial charge in [-0.05, 0) is 30.4 Å². The molecule has 1 aromatic carbocycles. The lowest BCUT2D eigenvalue weighted by molar-refractivity contribution is -0.132. The maximum Gasteiger partial charge on any atom is 0.244 e. The van der Waals surface area contributed by atoms with Gasteiger partial charge in [0.2, 0.25) is 11.9 Å². The standard InChI is InChI=1S/C24H29N7O.ClH/c1-2-22-21(15-31(29-22)16-23(32)30-9-7-25-8-10-30)19-13-26-24(27-14-19)28-20-11-17-5-3-4-6-18(17)12-20;/h3-6,13-15,20,25H,2,7-12,16H2,1H3,(H,26,27,28);1H. The Morgan fingerprint density at radius 1 is 1.12 bits per heavy atom. The third-order valence-corrected chi connectivity index (χ3v) is 6.29. The SMILES string of the molecule is CCc1nn(CC(=O)N2CCNCC2)cc1-c1cnc(NC2Cc3ccccc3C2)nc1.Cl. The molecule has 0 bridgehead atoms. The van der Waals surface area contributed by atoms with E-state index in [0.29, 0.717) is 12.0 Å². The van der Waals surface area contributed by atoms with Crippen molar-refractivity contribution in [2.75, 3.05) is 31.5 Å². The second-order valence-corrected chi connectivity index (χ2v) is 8.48. The van der Waals surface area contributed by atoms with Gasteiger partial charge in [0.05, 0.1) is 5.69 Å². The van der Waals surface area contributed by atoms with Crippen molar-refractivity contribution in [3.8, 4) is 11.1 Å². The summed E-state index contributed by atoms with van der Waals surface area (Å²) >= 11 is 0. The summed E-state index contributed by atoms with van der Waals surface area (Å²) in [5.74, 6) is 0.752. The summed E-state index contributed by atoms with van der Waals surface area (Å²) in [6, 6.07) is 8.89. The van der Waals surface area contributed by atoms with Gasteiger partial charge in [-0.2, -0.15) is 5.10 Å². The smallest absolute Gasteiger partial charge is 0.244 e. The highest BCUT2D eigenvalue weighted by Crippen LogP contribution is 2.25. The van der Waals surface area contributed by atoms with Crippen molar-refractivity contribution in [3.63, 3.8) is 0 Å². The molecule has 0 saturated carbocycles. The molecule has 1 aliphatic carbocycles. The molecule has 174 valence electrons. The van der Waals surface area contributed by atoms with Crippen LogP contribution in [0.1, 0.15) is 23.7 Å². The number of nitrogens with zero attached hydrogens (tertiary/aromatic N) is 5. The Labute approximate surface area is 200 Å². The van der Waals surface area contributed by atoms with Gasteiger partial charge >= 0.3 is 0 Å². The minimum absolute atomic E-state index is 0. The maximum atomic E-state index is 12.6. The Morgan fingerprint density at radius 2 is 1.79 bits per heavy atom. The van der Waals surface area contributed by atoms with Gasteiger partial charge in [0.1, 0.15) is 6.54 Å². The Balaban J connectivity index is 0.00000259. The highest BCUT2D eigenvalue weighted by Gasteiger charge is 2.22. The van der Waals surface area contributed by atoms with Gasteiger partial charge < -0.3 is 15.5 Å². The first kappa shape index (κ1) is 23.2. The minimum Gasteiger partial charge on any atom is -0.351 e. The first-order chi connectivity index (χ1) is 15.7. The number of rotatable bonds is 6. The number of aromatic nitrogens is 4. The Hall–Kier alpha value is -2.97. The van der Waals surface area contributed by atoms with Crippen LogP contribution in [0.5, 0.6) is 0 Å². The van der Waals surface area contributed by atoms with E-state index in [1.54, 1.807) is 4.68 Å². The molecule has 0 unspecified atom stereocenters. The largest absolute Gasteiger partial charge is 0.351 e. The second-order valence-electron chi connectivity index (χ2n) is 8.48. The lowest BCUT2D eigenvalue weighted by Crippen LogP contribution is -2.47. The van der Waals surface area contributed by atoms with Crippen LogP contribution in [-0.4, -0.2) is 62.8 Å². The molecule has 1 fully saturated rings. The summed E-state index contributed by atoms with van der Waals surface area (Å²) in [6.45, 7) is 5.53. The fourth-order valence-corrected chi connectivity index (χ4v) is 4.58. The van der Waals surface area contributed by atoms with E-state index in [1.807, 2.05) is 23.5 Å². The lowest BCUT2D eigenvalue weighted by atomic mass is 10.1. The van der Waals surface area contributed by atoms with Gasteiger partial charge in [0.25, 0.3) is 0 Å². The molecule has 3 heterocycles. The summed E-state index contributed by atoms with van der Waals surface area (Å²) < 4.78 is 1.75. The number of carbonyl (C=O) groups excluding carboxylic acids is 1. The number of anilines is 1. The summed E-state index contributed by atoms with van der Waals surface area (Å²) in [5, 5.41) is 11.4. The van der Waals surface area contributed by atoms with Gasteiger partial charge in [-0.25, -0.2) is 9.97 Å². The number of hydrogen-bond donors (Lipinski definition) is 2. The van der Waals surface area contributed by atoms with E-state index in [2.05, 4.69) is 56.9 Å². The maximum absolute atomic E-state index is 12.6. The molecule has 3 aromatic rings. The van der Waals surface area contributed by atoms with E-state index in [-0.39, 0.29) is 24.9 Å². The first-order valence-corrected chi connectivity index (χ1v) is 11.4. The van der Waals surface area contributed by atoms with Crippen molar-refractivity contribution in [1.82, 2.24) is 30.0 Å². The van der Waals surface area contributed by atoms with Crippen LogP contribution in [0.3, 0.4) is 0 Å². The zero-order valence-corrected chi connectivity index (χ0v) is 19.6. The number of piperazine rings is 1. The molecule has 0 spiro atoms. The first-order valence-electron chi connectivity index (χ1n) is 11.4. The van der Waals surface area contributed by atoms with E-state index in [9.17, 15) is 4.79 Å². The highest BCUT2D eigenvalue weighted by atomic mass is 35.5. The number of benzene rings is 1. The molecule has 2 aliphatic rings. The van der Waals surface area contributed by atoms with Crippen LogP contribution >= 0.6 is 12.4 Å². The zero-order chi connectivity index (χ0) is 21.9. The van der Waals surface area contributed by atoms with E-state index in [4.69, 9.17) is 0 Å². The number of hydrogen-bond acceptors (Lipinski definition) is 6. The number of fused-ring (bicyclic) bond motifs is 1. The van der Waals surface area contributed by atoms with Crippen LogP contribution in [-0.2, 0) is 30.6 Å². The van der Waals surface area contributed by atoms with Crippen molar-refractivity contribution in [2.45, 2.75) is 38.8 Å². The van der Waals surface area contributed by atoms with E-state index in [0.717, 1.165) is 62.3 Å². The average molecular weight is 468 g/mol. The lowest BCUT2D eigenvalue weighted by Gasteiger charge is -2.27. The Bertz CT molecular complexity index is 1070. The molecule has 0 atom stereocenters. The molecular weight excluding hydrogens is 438 g/mol. The number of carbonyl (C=O) groups is 1. The third kappa shape index (κ3) is 5.17. The highest BCUT2D eigenvalue weighted by molar-refractivity contribution is 5.85. The monoisotopic (exact) mass is 467 g/mol. The van der Waals surface area contributed by atoms with Gasteiger partial charge in [-0.1, -0.05) is 31.2 Å². The van der Waals surface area contributed by atoms with Gasteiger partial charge in [-0.15, -0.1) is 12.4 Å². The summed E-state index contributed by atoms with van der Waals surface area (Å²) in [6.07, 6.45) is 8.40. The second kappa shape index (κ2) is 10.3. The van der Waals surface area contributed by atoms with Gasteiger partial charge in [0.15, 0.2) is 0 Å². The van der Waals surface area contributed by atoms with Crippen LogP contribution in [0.2, 0.25) is 0 Å². The van der Waals surface area contributed by atoms with Crippen molar-refractivity contribution < 1.29 is 4.79 Å². The fraction of sp³-hybridized carbons (Fsp3) is 0.417. The van der Waals surface area contributed by atoms with E-state index in [1.165, 1.54) is 11.1 Å². The molecule has 5 rings (SSSR count). The van der Waals surface area contributed by atoms with Crippen molar-refractivity contribution in [3.05, 3.63) is 59.7 Å². The normalized spacial score (nSPS) is 15.7. The predicted molar refractivity (Wildman–Crippen MR) is 131 cm³/mol. The number of nitrogens with one attached hydrogen (secondary N) is 2. The average Bonchev–Trinajstić information content (AvgIpc) is 3.43. The third-order valence-electron chi connectivity index (χ3n) is 6.29. The molecule has 8 nitrogen and oxygen atoms in total. The number of amides is 1. The molecule has 2 N–H and O–H groups in total. The fourth-order valence-electron chi connectivity index (χ4n) is 4.58. The van der Waals surface area contributed by atoms with Crippen LogP contribution in [0, 0.1) is 0 Å². The minimum atomic E-state index is 0. The van der Waals surface area contributed by atoms with Crippen LogP contribution in [0.4, 0.5) is 5.95 Å². The molecular formula is C24H30ClN7O. The van der Waals surface area contributed by atoms with Crippen LogP contribution < -0.4 is 10.6 Å². The molecule has 9 heteroatoms. The summed E-state index contributed by atoms with van der Waals surface area (Å²) in [5.41, 5.74) is 5.66. The van der Waals surface area contributed by atoms with Crippen molar-refractivity contribution >= 4 is 24.3 Å². The van der Waals surface area contributed by atoms with Gasteiger partial charge in [-0.3, -0.25) is 9.48 Å². The molecule has 0 radical (unpaired) electrons. The molecule has 2 aromatic heterocycles. The zero-order valence-electron chi connectivity index (χ0n) is 18.8.